The minimum absolute atomic E-state index is 0.0696. The number of para-hydroxylation sites is 1. The van der Waals surface area contributed by atoms with Gasteiger partial charge in [-0.15, -0.1) is 0 Å². The summed E-state index contributed by atoms with van der Waals surface area (Å²) in [6, 6.07) is 8.77. The second-order valence-corrected chi connectivity index (χ2v) is 6.11. The molecule has 2 amide bonds. The summed E-state index contributed by atoms with van der Waals surface area (Å²) in [5, 5.41) is 2.56. The Morgan fingerprint density at radius 1 is 1.15 bits per heavy atom. The molecule has 0 aliphatic carbocycles. The molecule has 0 radical (unpaired) electrons. The number of amides is 2. The van der Waals surface area contributed by atoms with Crippen LogP contribution in [-0.2, 0) is 10.0 Å². The van der Waals surface area contributed by atoms with E-state index in [1.54, 1.807) is 37.3 Å². The van der Waals surface area contributed by atoms with Crippen LogP contribution in [0.15, 0.2) is 47.5 Å². The van der Waals surface area contributed by atoms with E-state index in [4.69, 9.17) is 0 Å². The lowest BCUT2D eigenvalue weighted by molar-refractivity contribution is 0.259. The molecule has 7 heteroatoms. The predicted molar refractivity (Wildman–Crippen MR) is 74.1 cm³/mol. The van der Waals surface area contributed by atoms with Gasteiger partial charge in [0.25, 0.3) is 10.0 Å². The lowest BCUT2D eigenvalue weighted by Crippen LogP contribution is -2.44. The van der Waals surface area contributed by atoms with Gasteiger partial charge >= 0.3 is 6.03 Å². The Kier molecular flexibility index (Phi) is 2.72. The lowest BCUT2D eigenvalue weighted by atomic mass is 10.3. The van der Waals surface area contributed by atoms with E-state index in [-0.39, 0.29) is 16.3 Å². The van der Waals surface area contributed by atoms with Crippen molar-refractivity contribution in [2.24, 2.45) is 0 Å². The maximum absolute atomic E-state index is 12.5. The van der Waals surface area contributed by atoms with Crippen LogP contribution in [0.3, 0.4) is 0 Å². The van der Waals surface area contributed by atoms with Crippen molar-refractivity contribution < 1.29 is 13.2 Å². The molecule has 0 spiro atoms. The van der Waals surface area contributed by atoms with Crippen molar-refractivity contribution in [3.63, 3.8) is 0 Å². The maximum Gasteiger partial charge on any atom is 0.340 e. The molecule has 1 aliphatic heterocycles. The zero-order valence-electron chi connectivity index (χ0n) is 10.6. The Morgan fingerprint density at radius 2 is 1.90 bits per heavy atom. The van der Waals surface area contributed by atoms with Crippen LogP contribution in [0.5, 0.6) is 0 Å². The van der Waals surface area contributed by atoms with Crippen molar-refractivity contribution in [2.75, 3.05) is 9.62 Å². The number of urea groups is 1. The molecular weight excluding hydrogens is 278 g/mol. The van der Waals surface area contributed by atoms with Gasteiger partial charge in [-0.3, -0.25) is 4.98 Å². The average Bonchev–Trinajstić information content (AvgIpc) is 2.40. The topological polar surface area (TPSA) is 79.4 Å². The molecule has 3 rings (SSSR count). The summed E-state index contributed by atoms with van der Waals surface area (Å²) in [6.45, 7) is 1.78. The number of hydrogen-bond donors (Lipinski definition) is 1. The Balaban J connectivity index is 2.18. The van der Waals surface area contributed by atoms with Crippen LogP contribution in [0.4, 0.5) is 16.2 Å². The first-order valence-corrected chi connectivity index (χ1v) is 7.32. The smallest absolute Gasteiger partial charge is 0.305 e. The molecule has 1 aliphatic rings. The van der Waals surface area contributed by atoms with E-state index in [0.717, 1.165) is 10.00 Å². The maximum atomic E-state index is 12.5. The van der Waals surface area contributed by atoms with E-state index in [0.29, 0.717) is 0 Å². The van der Waals surface area contributed by atoms with E-state index in [1.807, 2.05) is 0 Å². The quantitative estimate of drug-likeness (QED) is 0.872. The van der Waals surface area contributed by atoms with Gasteiger partial charge in [0, 0.05) is 5.69 Å². The minimum Gasteiger partial charge on any atom is -0.305 e. The predicted octanol–water partition coefficient (Wildman–Crippen LogP) is 2.13. The van der Waals surface area contributed by atoms with Crippen LogP contribution in [0.1, 0.15) is 5.69 Å². The average molecular weight is 289 g/mol. The third-order valence-electron chi connectivity index (χ3n) is 2.96. The van der Waals surface area contributed by atoms with E-state index in [9.17, 15) is 13.2 Å². The van der Waals surface area contributed by atoms with Crippen molar-refractivity contribution in [3.05, 3.63) is 48.3 Å². The van der Waals surface area contributed by atoms with Crippen molar-refractivity contribution in [1.29, 1.82) is 0 Å². The fourth-order valence-electron chi connectivity index (χ4n) is 2.00. The number of hydrogen-bond acceptors (Lipinski definition) is 4. The first-order chi connectivity index (χ1) is 9.50. The molecule has 2 heterocycles. The van der Waals surface area contributed by atoms with Gasteiger partial charge in [0.1, 0.15) is 4.90 Å². The van der Waals surface area contributed by atoms with Gasteiger partial charge in [0.05, 0.1) is 17.6 Å². The monoisotopic (exact) mass is 289 g/mol. The molecule has 0 bridgehead atoms. The molecule has 0 atom stereocenters. The van der Waals surface area contributed by atoms with E-state index in [2.05, 4.69) is 10.3 Å². The number of fused-ring (bicyclic) bond motifs is 1. The van der Waals surface area contributed by atoms with E-state index >= 15 is 0 Å². The first-order valence-electron chi connectivity index (χ1n) is 5.88. The van der Waals surface area contributed by atoms with Crippen molar-refractivity contribution >= 4 is 27.4 Å². The number of rotatable bonds is 1. The summed E-state index contributed by atoms with van der Waals surface area (Å²) < 4.78 is 25.8. The number of carbonyl (C=O) groups excluding carboxylic acids is 1. The molecule has 1 aromatic heterocycles. The highest BCUT2D eigenvalue weighted by atomic mass is 32.2. The minimum atomic E-state index is -3.92. The SMILES string of the molecule is Cc1ccc(N2C(=O)Nc3ccccc3S2(=O)=O)cn1. The summed E-state index contributed by atoms with van der Waals surface area (Å²) in [6.07, 6.45) is 1.36. The van der Waals surface area contributed by atoms with Crippen molar-refractivity contribution in [2.45, 2.75) is 11.8 Å². The Morgan fingerprint density at radius 3 is 2.60 bits per heavy atom. The normalized spacial score (nSPS) is 16.4. The highest BCUT2D eigenvalue weighted by Crippen LogP contribution is 2.32. The Hall–Kier alpha value is -2.41. The largest absolute Gasteiger partial charge is 0.340 e. The molecule has 0 fully saturated rings. The highest BCUT2D eigenvalue weighted by Gasteiger charge is 2.37. The standard InChI is InChI=1S/C13H11N3O3S/c1-9-6-7-10(8-14-9)16-13(17)15-11-4-2-3-5-12(11)20(16,18)19/h2-8H,1H3,(H,15,17). The number of pyridine rings is 1. The number of carbonyl (C=O) groups is 1. The van der Waals surface area contributed by atoms with Gasteiger partial charge in [-0.25, -0.2) is 13.2 Å². The third kappa shape index (κ3) is 1.83. The third-order valence-corrected chi connectivity index (χ3v) is 4.73. The number of anilines is 2. The number of aromatic nitrogens is 1. The molecular formula is C13H11N3O3S. The number of nitrogens with one attached hydrogen (secondary N) is 1. The fourth-order valence-corrected chi connectivity index (χ4v) is 3.50. The van der Waals surface area contributed by atoms with Gasteiger partial charge in [-0.2, -0.15) is 4.31 Å². The summed E-state index contributed by atoms with van der Waals surface area (Å²) in [4.78, 5) is 16.2. The molecule has 0 unspecified atom stereocenters. The highest BCUT2D eigenvalue weighted by molar-refractivity contribution is 7.94. The van der Waals surface area contributed by atoms with Gasteiger partial charge in [0.15, 0.2) is 0 Å². The molecule has 1 aromatic carbocycles. The van der Waals surface area contributed by atoms with Crippen LogP contribution in [-0.4, -0.2) is 19.4 Å². The van der Waals surface area contributed by atoms with Crippen molar-refractivity contribution in [3.8, 4) is 0 Å². The Bertz CT molecular complexity index is 785. The van der Waals surface area contributed by atoms with Crippen molar-refractivity contribution in [1.82, 2.24) is 4.98 Å². The van der Waals surface area contributed by atoms with Gasteiger partial charge in [0.2, 0.25) is 0 Å². The molecule has 2 aromatic rings. The second-order valence-electron chi connectivity index (χ2n) is 4.35. The van der Waals surface area contributed by atoms with Crippen LogP contribution in [0, 0.1) is 6.92 Å². The van der Waals surface area contributed by atoms with Gasteiger partial charge in [-0.1, -0.05) is 12.1 Å². The number of aryl methyl sites for hydroxylation is 1. The zero-order valence-corrected chi connectivity index (χ0v) is 11.4. The summed E-state index contributed by atoms with van der Waals surface area (Å²) in [5.41, 5.74) is 1.24. The summed E-state index contributed by atoms with van der Waals surface area (Å²) in [7, 11) is -3.92. The van der Waals surface area contributed by atoms with Gasteiger partial charge in [-0.05, 0) is 31.2 Å². The van der Waals surface area contributed by atoms with E-state index in [1.165, 1.54) is 12.3 Å². The zero-order chi connectivity index (χ0) is 14.3. The summed E-state index contributed by atoms with van der Waals surface area (Å²) in [5.74, 6) is 0. The molecule has 1 N–H and O–H groups in total. The fraction of sp³-hybridized carbons (Fsp3) is 0.0769. The molecule has 102 valence electrons. The van der Waals surface area contributed by atoms with Gasteiger partial charge < -0.3 is 5.32 Å². The second kappa shape index (κ2) is 4.31. The molecule has 20 heavy (non-hydrogen) atoms. The van der Waals surface area contributed by atoms with Crippen LogP contribution in [0.25, 0.3) is 0 Å². The molecule has 0 saturated heterocycles. The lowest BCUT2D eigenvalue weighted by Gasteiger charge is -2.28. The molecule has 0 saturated carbocycles. The number of benzene rings is 1. The first kappa shape index (κ1) is 12.6. The summed E-state index contributed by atoms with van der Waals surface area (Å²) >= 11 is 0. The van der Waals surface area contributed by atoms with Crippen LogP contribution < -0.4 is 9.62 Å². The number of sulfonamides is 1. The molecule has 6 nitrogen and oxygen atoms in total. The number of nitrogens with zero attached hydrogens (tertiary/aromatic N) is 2. The Labute approximate surface area is 116 Å². The van der Waals surface area contributed by atoms with Crippen LogP contribution in [0.2, 0.25) is 0 Å². The van der Waals surface area contributed by atoms with E-state index < -0.39 is 16.1 Å². The van der Waals surface area contributed by atoms with Crippen LogP contribution >= 0.6 is 0 Å².